The third-order valence-corrected chi connectivity index (χ3v) is 4.39. The third-order valence-electron chi connectivity index (χ3n) is 2.88. The smallest absolute Gasteiger partial charge is 0.363 e. The Morgan fingerprint density at radius 1 is 1.30 bits per heavy atom. The van der Waals surface area contributed by atoms with Crippen molar-refractivity contribution in [1.82, 2.24) is 4.98 Å². The molecule has 0 spiro atoms. The minimum absolute atomic E-state index is 0.149. The molecule has 0 bridgehead atoms. The molecule has 0 aliphatic carbocycles. The van der Waals surface area contributed by atoms with Crippen molar-refractivity contribution < 1.29 is 14.3 Å². The summed E-state index contributed by atoms with van der Waals surface area (Å²) < 4.78 is 10.9. The largest absolute Gasteiger partial charge is 0.494 e. The Kier molecular flexibility index (Phi) is 4.66. The van der Waals surface area contributed by atoms with Crippen LogP contribution in [0.4, 0.5) is 0 Å². The van der Waals surface area contributed by atoms with Gasteiger partial charge in [0.2, 0.25) is 5.90 Å². The molecule has 2 heterocycles. The summed E-state index contributed by atoms with van der Waals surface area (Å²) in [6, 6.07) is 7.13. The number of cyclic esters (lactones) is 1. The summed E-state index contributed by atoms with van der Waals surface area (Å²) in [7, 11) is 0. The molecule has 1 aromatic heterocycles. The van der Waals surface area contributed by atoms with Crippen LogP contribution in [0.1, 0.15) is 17.4 Å². The summed E-state index contributed by atoms with van der Waals surface area (Å²) >= 11 is 12.9. The predicted molar refractivity (Wildman–Crippen MR) is 90.4 cm³/mol. The molecule has 1 aromatic carbocycles. The van der Waals surface area contributed by atoms with Gasteiger partial charge in [-0.05, 0) is 37.3 Å². The van der Waals surface area contributed by atoms with Crippen LogP contribution in [0.5, 0.6) is 5.75 Å². The molecule has 5 nitrogen and oxygen atoms in total. The molecule has 0 radical (unpaired) electrons. The average Bonchev–Trinajstić information content (AvgIpc) is 3.03. The quantitative estimate of drug-likeness (QED) is 0.599. The van der Waals surface area contributed by atoms with Crippen LogP contribution in [-0.4, -0.2) is 23.5 Å². The lowest BCUT2D eigenvalue weighted by molar-refractivity contribution is -0.129. The van der Waals surface area contributed by atoms with E-state index in [0.717, 1.165) is 17.1 Å². The van der Waals surface area contributed by atoms with Crippen LogP contribution in [0.3, 0.4) is 0 Å². The third kappa shape index (κ3) is 3.55. The lowest BCUT2D eigenvalue weighted by Crippen LogP contribution is -2.05. The fraction of sp³-hybridized carbons (Fsp3) is 0.133. The van der Waals surface area contributed by atoms with Gasteiger partial charge >= 0.3 is 5.97 Å². The van der Waals surface area contributed by atoms with Crippen molar-refractivity contribution in [3.8, 4) is 5.75 Å². The number of aliphatic imine (C=N–C) groups is 1. The number of ether oxygens (including phenoxy) is 2. The van der Waals surface area contributed by atoms with Crippen molar-refractivity contribution in [3.63, 3.8) is 0 Å². The molecule has 0 saturated carbocycles. The second-order valence-electron chi connectivity index (χ2n) is 4.42. The van der Waals surface area contributed by atoms with E-state index in [9.17, 15) is 4.79 Å². The first-order valence-electron chi connectivity index (χ1n) is 6.64. The number of esters is 1. The van der Waals surface area contributed by atoms with E-state index in [0.29, 0.717) is 21.5 Å². The Labute approximate surface area is 146 Å². The minimum atomic E-state index is -0.547. The number of thiazole rings is 1. The molecule has 0 unspecified atom stereocenters. The maximum Gasteiger partial charge on any atom is 0.363 e. The van der Waals surface area contributed by atoms with Crippen LogP contribution in [-0.2, 0) is 9.53 Å². The predicted octanol–water partition coefficient (Wildman–Crippen LogP) is 4.19. The van der Waals surface area contributed by atoms with Gasteiger partial charge in [-0.25, -0.2) is 14.8 Å². The van der Waals surface area contributed by atoms with Crippen molar-refractivity contribution in [2.24, 2.45) is 4.99 Å². The fourth-order valence-corrected chi connectivity index (χ4v) is 3.20. The van der Waals surface area contributed by atoms with Gasteiger partial charge in [-0.2, -0.15) is 0 Å². The normalized spacial score (nSPS) is 15.7. The van der Waals surface area contributed by atoms with Gasteiger partial charge < -0.3 is 9.47 Å². The van der Waals surface area contributed by atoms with Gasteiger partial charge in [0, 0.05) is 5.56 Å². The van der Waals surface area contributed by atoms with Gasteiger partial charge in [-0.3, -0.25) is 0 Å². The maximum absolute atomic E-state index is 11.9. The van der Waals surface area contributed by atoms with Crippen molar-refractivity contribution in [2.45, 2.75) is 6.92 Å². The summed E-state index contributed by atoms with van der Waals surface area (Å²) in [6.07, 6.45) is 1.51. The van der Waals surface area contributed by atoms with E-state index in [1.165, 1.54) is 6.08 Å². The molecular weight excluding hydrogens is 359 g/mol. The van der Waals surface area contributed by atoms with Crippen molar-refractivity contribution in [2.75, 3.05) is 6.61 Å². The Hall–Kier alpha value is -1.89. The Morgan fingerprint density at radius 3 is 2.65 bits per heavy atom. The number of hydrogen-bond donors (Lipinski definition) is 0. The van der Waals surface area contributed by atoms with Crippen LogP contribution < -0.4 is 4.74 Å². The first kappa shape index (κ1) is 16.0. The lowest BCUT2D eigenvalue weighted by atomic mass is 10.2. The van der Waals surface area contributed by atoms with E-state index in [1.807, 2.05) is 6.92 Å². The second kappa shape index (κ2) is 6.70. The highest BCUT2D eigenvalue weighted by molar-refractivity contribution is 7.17. The SMILES string of the molecule is CCOc1ccc(C2=N/C(=C/c3sc(Cl)nc3Cl)C(=O)O2)cc1. The monoisotopic (exact) mass is 368 g/mol. The first-order valence-corrected chi connectivity index (χ1v) is 8.21. The van der Waals surface area contributed by atoms with Crippen LogP contribution in [0.25, 0.3) is 6.08 Å². The molecule has 23 heavy (non-hydrogen) atoms. The van der Waals surface area contributed by atoms with E-state index < -0.39 is 5.97 Å². The average molecular weight is 369 g/mol. The van der Waals surface area contributed by atoms with Crippen molar-refractivity contribution >= 4 is 52.5 Å². The van der Waals surface area contributed by atoms with Gasteiger partial charge in [-0.1, -0.05) is 23.2 Å². The highest BCUT2D eigenvalue weighted by Crippen LogP contribution is 2.30. The van der Waals surface area contributed by atoms with Crippen molar-refractivity contribution in [3.05, 3.63) is 50.0 Å². The van der Waals surface area contributed by atoms with Gasteiger partial charge in [0.05, 0.1) is 11.5 Å². The number of aromatic nitrogens is 1. The Bertz CT molecular complexity index is 813. The molecule has 3 rings (SSSR count). The second-order valence-corrected chi connectivity index (χ2v) is 6.39. The summed E-state index contributed by atoms with van der Waals surface area (Å²) in [4.78, 5) is 20.6. The Balaban J connectivity index is 1.87. The van der Waals surface area contributed by atoms with Gasteiger partial charge in [0.1, 0.15) is 10.9 Å². The van der Waals surface area contributed by atoms with Crippen LogP contribution >= 0.6 is 34.5 Å². The molecule has 0 amide bonds. The maximum atomic E-state index is 11.9. The summed E-state index contributed by atoms with van der Waals surface area (Å²) in [5, 5.41) is 0.227. The van der Waals surface area contributed by atoms with Crippen LogP contribution in [0, 0.1) is 0 Å². The molecule has 0 atom stereocenters. The van der Waals surface area contributed by atoms with Crippen molar-refractivity contribution in [1.29, 1.82) is 0 Å². The molecule has 0 saturated heterocycles. The number of hydrogen-bond acceptors (Lipinski definition) is 6. The molecule has 8 heteroatoms. The van der Waals surface area contributed by atoms with Crippen LogP contribution in [0.15, 0.2) is 35.0 Å². The van der Waals surface area contributed by atoms with E-state index in [4.69, 9.17) is 32.7 Å². The number of benzene rings is 1. The van der Waals surface area contributed by atoms with E-state index >= 15 is 0 Å². The number of carbonyl (C=O) groups is 1. The highest BCUT2D eigenvalue weighted by atomic mass is 35.5. The fourth-order valence-electron chi connectivity index (χ4n) is 1.89. The zero-order valence-corrected chi connectivity index (χ0v) is 14.2. The molecule has 118 valence electrons. The number of carbonyl (C=O) groups excluding carboxylic acids is 1. The number of rotatable bonds is 4. The molecule has 2 aromatic rings. The Morgan fingerprint density at radius 2 is 2.04 bits per heavy atom. The van der Waals surface area contributed by atoms with Gasteiger partial charge in [0.25, 0.3) is 0 Å². The van der Waals surface area contributed by atoms with Gasteiger partial charge in [-0.15, -0.1) is 11.3 Å². The summed E-state index contributed by atoms with van der Waals surface area (Å²) in [5.74, 6) is 0.425. The van der Waals surface area contributed by atoms with Gasteiger partial charge in [0.15, 0.2) is 10.2 Å². The minimum Gasteiger partial charge on any atom is -0.494 e. The lowest BCUT2D eigenvalue weighted by Gasteiger charge is -2.03. The molecular formula is C15H10Cl2N2O3S. The van der Waals surface area contributed by atoms with E-state index in [-0.39, 0.29) is 16.7 Å². The summed E-state index contributed by atoms with van der Waals surface area (Å²) in [5.41, 5.74) is 0.828. The number of halogens is 2. The highest BCUT2D eigenvalue weighted by Gasteiger charge is 2.25. The molecule has 1 aliphatic heterocycles. The van der Waals surface area contributed by atoms with E-state index in [2.05, 4.69) is 9.98 Å². The number of nitrogens with zero attached hydrogens (tertiary/aromatic N) is 2. The van der Waals surface area contributed by atoms with Crippen LogP contribution in [0.2, 0.25) is 9.62 Å². The molecule has 0 fully saturated rings. The summed E-state index contributed by atoms with van der Waals surface area (Å²) in [6.45, 7) is 2.49. The molecule has 0 N–H and O–H groups in total. The molecule has 1 aliphatic rings. The topological polar surface area (TPSA) is 60.8 Å². The first-order chi connectivity index (χ1) is 11.1. The zero-order chi connectivity index (χ0) is 16.4. The zero-order valence-electron chi connectivity index (χ0n) is 11.9. The van der Waals surface area contributed by atoms with E-state index in [1.54, 1.807) is 24.3 Å². The standard InChI is InChI=1S/C15H10Cl2N2O3S/c1-2-21-9-5-3-8(4-6-9)13-18-10(14(20)22-13)7-11-12(16)19-15(17)23-11/h3-7H,2H2,1H3/b10-7+.